The molecule has 7 heteroatoms. The average molecular weight is 381 g/mol. The van der Waals surface area contributed by atoms with Gasteiger partial charge < -0.3 is 0 Å². The van der Waals surface area contributed by atoms with Crippen molar-refractivity contribution in [3.63, 3.8) is 0 Å². The molecule has 0 spiro atoms. The standard InChI is InChI=1S/C20H19N3O3S/c21-22-20(24)17-13-11-16(12-14-17)15-23(18-7-3-1-4-8-18)27(25,26)19-9-5-2-6-10-19/h1-14H,15,21H2,(H,22,24). The van der Waals surface area contributed by atoms with E-state index >= 15 is 0 Å². The maximum Gasteiger partial charge on any atom is 0.265 e. The monoisotopic (exact) mass is 381 g/mol. The minimum absolute atomic E-state index is 0.131. The molecule has 138 valence electrons. The first-order valence-electron chi connectivity index (χ1n) is 8.25. The van der Waals surface area contributed by atoms with E-state index in [1.807, 2.05) is 6.07 Å². The van der Waals surface area contributed by atoms with Gasteiger partial charge in [-0.15, -0.1) is 0 Å². The zero-order valence-corrected chi connectivity index (χ0v) is 15.3. The van der Waals surface area contributed by atoms with Crippen LogP contribution in [0, 0.1) is 0 Å². The minimum Gasteiger partial charge on any atom is -0.290 e. The number of sulfonamides is 1. The van der Waals surface area contributed by atoms with Crippen molar-refractivity contribution in [3.05, 3.63) is 96.1 Å². The molecular formula is C20H19N3O3S. The molecule has 3 N–H and O–H groups in total. The number of para-hydroxylation sites is 1. The Morgan fingerprint density at radius 1 is 0.852 bits per heavy atom. The lowest BCUT2D eigenvalue weighted by Gasteiger charge is -2.24. The number of rotatable bonds is 6. The largest absolute Gasteiger partial charge is 0.290 e. The number of nitrogen functional groups attached to an aromatic ring is 1. The van der Waals surface area contributed by atoms with E-state index in [0.717, 1.165) is 5.56 Å². The fourth-order valence-corrected chi connectivity index (χ4v) is 4.11. The molecule has 6 nitrogen and oxygen atoms in total. The Kier molecular flexibility index (Phi) is 5.54. The van der Waals surface area contributed by atoms with Gasteiger partial charge in [-0.1, -0.05) is 48.5 Å². The molecule has 0 atom stereocenters. The topological polar surface area (TPSA) is 92.5 Å². The van der Waals surface area contributed by atoms with Crippen LogP contribution in [0.2, 0.25) is 0 Å². The average Bonchev–Trinajstić information content (AvgIpc) is 2.73. The van der Waals surface area contributed by atoms with Gasteiger partial charge in [-0.05, 0) is 42.0 Å². The van der Waals surface area contributed by atoms with E-state index < -0.39 is 15.9 Å². The Balaban J connectivity index is 1.98. The third kappa shape index (κ3) is 4.16. The van der Waals surface area contributed by atoms with Crippen molar-refractivity contribution in [2.45, 2.75) is 11.4 Å². The van der Waals surface area contributed by atoms with E-state index in [2.05, 4.69) is 5.43 Å². The van der Waals surface area contributed by atoms with E-state index in [-0.39, 0.29) is 11.4 Å². The lowest BCUT2D eigenvalue weighted by Crippen LogP contribution is -2.31. The molecule has 0 saturated heterocycles. The Bertz CT molecular complexity index is 1010. The molecule has 3 aromatic carbocycles. The highest BCUT2D eigenvalue weighted by atomic mass is 32.2. The van der Waals surface area contributed by atoms with Crippen LogP contribution in [-0.4, -0.2) is 14.3 Å². The Hall–Kier alpha value is -3.16. The van der Waals surface area contributed by atoms with E-state index in [4.69, 9.17) is 5.84 Å². The highest BCUT2D eigenvalue weighted by molar-refractivity contribution is 7.92. The molecule has 0 bridgehead atoms. The van der Waals surface area contributed by atoms with E-state index in [1.54, 1.807) is 78.9 Å². The van der Waals surface area contributed by atoms with Crippen LogP contribution < -0.4 is 15.6 Å². The number of anilines is 1. The number of carbonyl (C=O) groups excluding carboxylic acids is 1. The Morgan fingerprint density at radius 3 is 1.96 bits per heavy atom. The van der Waals surface area contributed by atoms with Crippen molar-refractivity contribution in [1.29, 1.82) is 0 Å². The van der Waals surface area contributed by atoms with Crippen LogP contribution in [0.25, 0.3) is 0 Å². The Labute approximate surface area is 158 Å². The molecular weight excluding hydrogens is 362 g/mol. The molecule has 0 heterocycles. The molecule has 0 radical (unpaired) electrons. The van der Waals surface area contributed by atoms with Gasteiger partial charge in [-0.3, -0.25) is 14.5 Å². The molecule has 3 aromatic rings. The Morgan fingerprint density at radius 2 is 1.41 bits per heavy atom. The molecule has 0 fully saturated rings. The van der Waals surface area contributed by atoms with Crippen LogP contribution in [0.3, 0.4) is 0 Å². The van der Waals surface area contributed by atoms with Gasteiger partial charge in [0.25, 0.3) is 15.9 Å². The van der Waals surface area contributed by atoms with Crippen molar-refractivity contribution in [2.24, 2.45) is 5.84 Å². The number of benzene rings is 3. The summed E-state index contributed by atoms with van der Waals surface area (Å²) < 4.78 is 27.8. The number of hydrogen-bond donors (Lipinski definition) is 2. The number of carbonyl (C=O) groups is 1. The summed E-state index contributed by atoms with van der Waals surface area (Å²) in [5.41, 5.74) is 3.77. The highest BCUT2D eigenvalue weighted by Gasteiger charge is 2.25. The summed E-state index contributed by atoms with van der Waals surface area (Å²) in [6.45, 7) is 0.131. The maximum atomic E-state index is 13.2. The van der Waals surface area contributed by atoms with Crippen molar-refractivity contribution in [2.75, 3.05) is 4.31 Å². The van der Waals surface area contributed by atoms with Gasteiger partial charge in [-0.2, -0.15) is 0 Å². The van der Waals surface area contributed by atoms with E-state index in [9.17, 15) is 13.2 Å². The number of nitrogens with one attached hydrogen (secondary N) is 1. The van der Waals surface area contributed by atoms with Crippen molar-refractivity contribution in [3.8, 4) is 0 Å². The predicted octanol–water partition coefficient (Wildman–Crippen LogP) is 2.69. The van der Waals surface area contributed by atoms with Gasteiger partial charge in [0.15, 0.2) is 0 Å². The highest BCUT2D eigenvalue weighted by Crippen LogP contribution is 2.25. The SMILES string of the molecule is NNC(=O)c1ccc(CN(c2ccccc2)S(=O)(=O)c2ccccc2)cc1. The molecule has 0 aliphatic carbocycles. The lowest BCUT2D eigenvalue weighted by atomic mass is 10.1. The summed E-state index contributed by atoms with van der Waals surface area (Å²) in [6.07, 6.45) is 0. The third-order valence-corrected chi connectivity index (χ3v) is 5.84. The van der Waals surface area contributed by atoms with Crippen LogP contribution in [0.4, 0.5) is 5.69 Å². The summed E-state index contributed by atoms with van der Waals surface area (Å²) >= 11 is 0. The first kappa shape index (κ1) is 18.6. The lowest BCUT2D eigenvalue weighted by molar-refractivity contribution is 0.0953. The van der Waals surface area contributed by atoms with Crippen LogP contribution in [-0.2, 0) is 16.6 Å². The predicted molar refractivity (Wildman–Crippen MR) is 104 cm³/mol. The summed E-state index contributed by atoms with van der Waals surface area (Å²) in [4.78, 5) is 11.8. The smallest absolute Gasteiger partial charge is 0.265 e. The second kappa shape index (κ2) is 8.03. The van der Waals surface area contributed by atoms with Crippen LogP contribution in [0.5, 0.6) is 0 Å². The zero-order chi connectivity index (χ0) is 19.3. The van der Waals surface area contributed by atoms with Crippen molar-refractivity contribution in [1.82, 2.24) is 5.43 Å². The summed E-state index contributed by atoms with van der Waals surface area (Å²) in [5.74, 6) is 4.73. The number of nitrogens with two attached hydrogens (primary N) is 1. The normalized spacial score (nSPS) is 11.0. The fourth-order valence-electron chi connectivity index (χ4n) is 2.64. The molecule has 0 unspecified atom stereocenters. The molecule has 0 aliphatic rings. The first-order valence-corrected chi connectivity index (χ1v) is 9.69. The number of amides is 1. The van der Waals surface area contributed by atoms with Crippen molar-refractivity contribution < 1.29 is 13.2 Å². The van der Waals surface area contributed by atoms with Gasteiger partial charge in [-0.25, -0.2) is 14.3 Å². The molecule has 27 heavy (non-hydrogen) atoms. The fraction of sp³-hybridized carbons (Fsp3) is 0.0500. The van der Waals surface area contributed by atoms with Gasteiger partial charge in [0.1, 0.15) is 0 Å². The molecule has 0 aromatic heterocycles. The van der Waals surface area contributed by atoms with Gasteiger partial charge >= 0.3 is 0 Å². The van der Waals surface area contributed by atoms with E-state index in [1.165, 1.54) is 4.31 Å². The summed E-state index contributed by atoms with van der Waals surface area (Å²) in [5, 5.41) is 0. The van der Waals surface area contributed by atoms with Crippen LogP contribution in [0.15, 0.2) is 89.8 Å². The van der Waals surface area contributed by atoms with Gasteiger partial charge in [0.05, 0.1) is 17.1 Å². The van der Waals surface area contributed by atoms with E-state index in [0.29, 0.717) is 11.3 Å². The minimum atomic E-state index is -3.75. The zero-order valence-electron chi connectivity index (χ0n) is 14.4. The number of hydrazine groups is 1. The van der Waals surface area contributed by atoms with Crippen LogP contribution >= 0.6 is 0 Å². The maximum absolute atomic E-state index is 13.2. The third-order valence-electron chi connectivity index (χ3n) is 4.05. The van der Waals surface area contributed by atoms with Gasteiger partial charge in [0, 0.05) is 5.56 Å². The number of hydrogen-bond acceptors (Lipinski definition) is 4. The molecule has 3 rings (SSSR count). The van der Waals surface area contributed by atoms with Crippen molar-refractivity contribution >= 4 is 21.6 Å². The van der Waals surface area contributed by atoms with Crippen LogP contribution in [0.1, 0.15) is 15.9 Å². The summed E-state index contributed by atoms with van der Waals surface area (Å²) in [6, 6.07) is 23.8. The summed E-state index contributed by atoms with van der Waals surface area (Å²) in [7, 11) is -3.75. The first-order chi connectivity index (χ1) is 13.0. The second-order valence-electron chi connectivity index (χ2n) is 5.83. The second-order valence-corrected chi connectivity index (χ2v) is 7.69. The molecule has 1 amide bonds. The van der Waals surface area contributed by atoms with Gasteiger partial charge in [0.2, 0.25) is 0 Å². The molecule has 0 aliphatic heterocycles. The number of nitrogens with zero attached hydrogens (tertiary/aromatic N) is 1. The quantitative estimate of drug-likeness (QED) is 0.390. The molecule has 0 saturated carbocycles.